The van der Waals surface area contributed by atoms with Crippen molar-refractivity contribution in [2.45, 2.75) is 64.7 Å². The van der Waals surface area contributed by atoms with Gasteiger partial charge in [-0.15, -0.1) is 0 Å². The number of rotatable bonds is 9. The zero-order valence-corrected chi connectivity index (χ0v) is 13.1. The lowest BCUT2D eigenvalue weighted by Crippen LogP contribution is -2.29. The van der Waals surface area contributed by atoms with E-state index < -0.39 is 5.97 Å². The van der Waals surface area contributed by atoms with Crippen LogP contribution in [0.3, 0.4) is 0 Å². The molecule has 4 heteroatoms. The molecule has 2 saturated carbocycles. The highest BCUT2D eigenvalue weighted by atomic mass is 16.4. The van der Waals surface area contributed by atoms with Crippen LogP contribution in [0.1, 0.15) is 64.7 Å². The average molecular weight is 295 g/mol. The van der Waals surface area contributed by atoms with Crippen LogP contribution >= 0.6 is 0 Å². The van der Waals surface area contributed by atoms with Crippen molar-refractivity contribution < 1.29 is 14.7 Å². The molecule has 2 fully saturated rings. The molecule has 2 rings (SSSR count). The first-order valence-electron chi connectivity index (χ1n) is 8.57. The van der Waals surface area contributed by atoms with Crippen molar-refractivity contribution in [3.8, 4) is 0 Å². The van der Waals surface area contributed by atoms with E-state index in [0.29, 0.717) is 31.2 Å². The molecule has 0 aromatic carbocycles. The standard InChI is InChI=1S/C17H29NO3/c1-2-12(4-6-17(20)21)7-8-18-16(19)11-15-10-13-3-5-14(15)9-13/h12-15H,2-11H2,1H3,(H,18,19)(H,20,21). The number of carboxylic acids is 1. The van der Waals surface area contributed by atoms with Gasteiger partial charge in [-0.05, 0) is 55.8 Å². The van der Waals surface area contributed by atoms with E-state index in [1.54, 1.807) is 0 Å². The molecular formula is C17H29NO3. The minimum absolute atomic E-state index is 0.195. The number of fused-ring (bicyclic) bond motifs is 2. The summed E-state index contributed by atoms with van der Waals surface area (Å²) in [6.07, 6.45) is 8.85. The monoisotopic (exact) mass is 295 g/mol. The Morgan fingerprint density at radius 1 is 1.24 bits per heavy atom. The molecule has 0 heterocycles. The van der Waals surface area contributed by atoms with E-state index in [1.807, 2.05) is 0 Å². The Balaban J connectivity index is 1.59. The lowest BCUT2D eigenvalue weighted by atomic mass is 9.86. The third kappa shape index (κ3) is 5.01. The number of hydrogen-bond donors (Lipinski definition) is 2. The number of aliphatic carboxylic acids is 1. The quantitative estimate of drug-likeness (QED) is 0.686. The summed E-state index contributed by atoms with van der Waals surface area (Å²) in [4.78, 5) is 22.6. The molecule has 2 aliphatic rings. The van der Waals surface area contributed by atoms with Crippen molar-refractivity contribution in [1.29, 1.82) is 0 Å². The summed E-state index contributed by atoms with van der Waals surface area (Å²) in [6.45, 7) is 2.78. The summed E-state index contributed by atoms with van der Waals surface area (Å²) in [5, 5.41) is 11.7. The van der Waals surface area contributed by atoms with Gasteiger partial charge in [0.25, 0.3) is 0 Å². The fourth-order valence-electron chi connectivity index (χ4n) is 4.23. The molecule has 21 heavy (non-hydrogen) atoms. The molecule has 2 bridgehead atoms. The second kappa shape index (κ2) is 7.81. The van der Waals surface area contributed by atoms with Crippen molar-refractivity contribution in [2.24, 2.45) is 23.7 Å². The van der Waals surface area contributed by atoms with Crippen LogP contribution < -0.4 is 5.32 Å². The molecule has 0 aromatic rings. The molecule has 0 spiro atoms. The van der Waals surface area contributed by atoms with Crippen molar-refractivity contribution >= 4 is 11.9 Å². The van der Waals surface area contributed by atoms with E-state index in [0.717, 1.165) is 24.7 Å². The van der Waals surface area contributed by atoms with E-state index >= 15 is 0 Å². The molecule has 0 aliphatic heterocycles. The van der Waals surface area contributed by atoms with Crippen LogP contribution in [0.25, 0.3) is 0 Å². The van der Waals surface area contributed by atoms with E-state index in [1.165, 1.54) is 25.7 Å². The number of nitrogens with one attached hydrogen (secondary N) is 1. The van der Waals surface area contributed by atoms with Crippen LogP contribution in [0.5, 0.6) is 0 Å². The maximum absolute atomic E-state index is 12.0. The van der Waals surface area contributed by atoms with Gasteiger partial charge in [-0.25, -0.2) is 0 Å². The predicted octanol–water partition coefficient (Wildman–Crippen LogP) is 3.21. The Hall–Kier alpha value is -1.06. The Morgan fingerprint density at radius 3 is 2.62 bits per heavy atom. The van der Waals surface area contributed by atoms with E-state index in [4.69, 9.17) is 5.11 Å². The third-order valence-electron chi connectivity index (χ3n) is 5.55. The van der Waals surface area contributed by atoms with Crippen LogP contribution in [0.4, 0.5) is 0 Å². The molecule has 4 unspecified atom stereocenters. The molecule has 2 aliphatic carbocycles. The highest BCUT2D eigenvalue weighted by Crippen LogP contribution is 2.49. The van der Waals surface area contributed by atoms with Gasteiger partial charge >= 0.3 is 5.97 Å². The minimum atomic E-state index is -0.728. The van der Waals surface area contributed by atoms with Gasteiger partial charge < -0.3 is 10.4 Å². The Kier molecular flexibility index (Phi) is 6.07. The van der Waals surface area contributed by atoms with E-state index in [2.05, 4.69) is 12.2 Å². The van der Waals surface area contributed by atoms with Crippen LogP contribution in [-0.4, -0.2) is 23.5 Å². The van der Waals surface area contributed by atoms with E-state index in [9.17, 15) is 9.59 Å². The van der Waals surface area contributed by atoms with Crippen molar-refractivity contribution in [3.63, 3.8) is 0 Å². The molecule has 4 nitrogen and oxygen atoms in total. The zero-order chi connectivity index (χ0) is 15.2. The normalized spacial score (nSPS) is 28.5. The third-order valence-corrected chi connectivity index (χ3v) is 5.55. The first-order valence-corrected chi connectivity index (χ1v) is 8.57. The fourth-order valence-corrected chi connectivity index (χ4v) is 4.23. The molecule has 0 aromatic heterocycles. The highest BCUT2D eigenvalue weighted by molar-refractivity contribution is 5.76. The number of carbonyl (C=O) groups is 2. The van der Waals surface area contributed by atoms with E-state index in [-0.39, 0.29) is 12.3 Å². The van der Waals surface area contributed by atoms with Gasteiger partial charge in [0.1, 0.15) is 0 Å². The number of carbonyl (C=O) groups excluding carboxylic acids is 1. The largest absolute Gasteiger partial charge is 0.481 e. The molecule has 120 valence electrons. The summed E-state index contributed by atoms with van der Waals surface area (Å²) in [5.41, 5.74) is 0. The van der Waals surface area contributed by atoms with Crippen LogP contribution in [0, 0.1) is 23.7 Å². The number of hydrogen-bond acceptors (Lipinski definition) is 2. The van der Waals surface area contributed by atoms with Gasteiger partial charge in [0.15, 0.2) is 0 Å². The zero-order valence-electron chi connectivity index (χ0n) is 13.1. The molecule has 0 saturated heterocycles. The Bertz CT molecular complexity index is 369. The van der Waals surface area contributed by atoms with Crippen molar-refractivity contribution in [1.82, 2.24) is 5.32 Å². The Labute approximate surface area is 127 Å². The first-order chi connectivity index (χ1) is 10.1. The van der Waals surface area contributed by atoms with Crippen molar-refractivity contribution in [3.05, 3.63) is 0 Å². The average Bonchev–Trinajstić information content (AvgIpc) is 3.04. The van der Waals surface area contributed by atoms with Gasteiger partial charge in [0.05, 0.1) is 0 Å². The lowest BCUT2D eigenvalue weighted by molar-refractivity contribution is -0.137. The SMILES string of the molecule is CCC(CCNC(=O)CC1CC2CCC1C2)CCC(=O)O. The smallest absolute Gasteiger partial charge is 0.303 e. The fraction of sp³-hybridized carbons (Fsp3) is 0.882. The first kappa shape index (κ1) is 16.3. The summed E-state index contributed by atoms with van der Waals surface area (Å²) in [7, 11) is 0. The van der Waals surface area contributed by atoms with Gasteiger partial charge in [-0.2, -0.15) is 0 Å². The van der Waals surface area contributed by atoms with Gasteiger partial charge in [-0.3, -0.25) is 9.59 Å². The van der Waals surface area contributed by atoms with Crippen molar-refractivity contribution in [2.75, 3.05) is 6.54 Å². The van der Waals surface area contributed by atoms with Gasteiger partial charge in [0.2, 0.25) is 5.91 Å². The molecule has 1 amide bonds. The lowest BCUT2D eigenvalue weighted by Gasteiger charge is -2.21. The maximum atomic E-state index is 12.0. The molecule has 0 radical (unpaired) electrons. The summed E-state index contributed by atoms with van der Waals surface area (Å²) in [5.74, 6) is 2.20. The number of carboxylic acid groups (broad SMARTS) is 1. The Morgan fingerprint density at radius 2 is 2.05 bits per heavy atom. The second-order valence-electron chi connectivity index (χ2n) is 6.98. The van der Waals surface area contributed by atoms with Crippen LogP contribution in [-0.2, 0) is 9.59 Å². The minimum Gasteiger partial charge on any atom is -0.481 e. The molecular weight excluding hydrogens is 266 g/mol. The molecule has 4 atom stereocenters. The predicted molar refractivity (Wildman–Crippen MR) is 81.8 cm³/mol. The highest BCUT2D eigenvalue weighted by Gasteiger charge is 2.39. The van der Waals surface area contributed by atoms with Crippen LogP contribution in [0.2, 0.25) is 0 Å². The summed E-state index contributed by atoms with van der Waals surface area (Å²) < 4.78 is 0. The number of amides is 1. The summed E-state index contributed by atoms with van der Waals surface area (Å²) in [6, 6.07) is 0. The van der Waals surface area contributed by atoms with Gasteiger partial charge in [-0.1, -0.05) is 19.8 Å². The second-order valence-corrected chi connectivity index (χ2v) is 6.98. The molecule has 2 N–H and O–H groups in total. The van der Waals surface area contributed by atoms with Crippen LogP contribution in [0.15, 0.2) is 0 Å². The summed E-state index contributed by atoms with van der Waals surface area (Å²) >= 11 is 0. The maximum Gasteiger partial charge on any atom is 0.303 e. The van der Waals surface area contributed by atoms with Gasteiger partial charge in [0, 0.05) is 19.4 Å². The topological polar surface area (TPSA) is 66.4 Å².